The first-order valence-corrected chi connectivity index (χ1v) is 21.4. The van der Waals surface area contributed by atoms with Gasteiger partial charge in [-0.15, -0.1) is 0 Å². The van der Waals surface area contributed by atoms with Crippen molar-refractivity contribution in [3.8, 4) is 45.8 Å². The van der Waals surface area contributed by atoms with Crippen LogP contribution in [0.15, 0.2) is 41.8 Å². The Morgan fingerprint density at radius 2 is 1.69 bits per heavy atom. The molecule has 1 saturated heterocycles. The lowest BCUT2D eigenvalue weighted by Gasteiger charge is -2.44. The van der Waals surface area contributed by atoms with Crippen LogP contribution in [0.4, 0.5) is 4.79 Å². The molecule has 0 bridgehead atoms. The number of piperidine rings is 1. The molecule has 2 aliphatic carbocycles. The molecule has 3 fully saturated rings. The monoisotopic (exact) mass is 835 g/mol. The molecular weight excluding hydrogens is 783 g/mol. The van der Waals surface area contributed by atoms with Crippen LogP contribution in [0.25, 0.3) is 22.3 Å². The van der Waals surface area contributed by atoms with Gasteiger partial charge in [-0.25, -0.2) is 19.8 Å². The summed E-state index contributed by atoms with van der Waals surface area (Å²) in [7, 11) is 3.22. The average molecular weight is 836 g/mol. The number of H-pyrrole nitrogens is 1. The lowest BCUT2D eigenvalue weighted by molar-refractivity contribution is -0.143. The lowest BCUT2D eigenvalue weighted by Crippen LogP contribution is -2.56. The average Bonchev–Trinajstić information content (AvgIpc) is 3.90. The van der Waals surface area contributed by atoms with Gasteiger partial charge in [-0.05, 0) is 87.6 Å². The number of carbonyl (C=O) groups is 3. The van der Waals surface area contributed by atoms with E-state index in [0.717, 1.165) is 49.8 Å². The number of aromatic amines is 1. The van der Waals surface area contributed by atoms with Gasteiger partial charge in [0.2, 0.25) is 18.6 Å². The third kappa shape index (κ3) is 7.76. The van der Waals surface area contributed by atoms with Crippen LogP contribution in [0.1, 0.15) is 76.5 Å². The second kappa shape index (κ2) is 16.8. The Labute approximate surface area is 354 Å². The van der Waals surface area contributed by atoms with Gasteiger partial charge in [0.05, 0.1) is 49.4 Å². The minimum absolute atomic E-state index is 0.0377. The van der Waals surface area contributed by atoms with Gasteiger partial charge in [-0.2, -0.15) is 5.10 Å². The standard InChI is InChI=1S/C45H53N7O9/c1-24(2)36(44(54)51-18-16-28(17-19-51)52-43(53)30-9-7-6-8-29(30)37(50-52)27-12-13-31(56-4)34(20-27)57-5)49-45(55)61-41-25(3)48-39-38(46-22-47-40(39)41)35-32(58-21-26-10-11-26)14-15-33-42(35)60-23-59-33/h12-15,20,22,24,26,28-30,36,48H,6-11,16-19,21,23H2,1-5H3,(H,49,55)/t29-,30+,36+/m0/s1. The van der Waals surface area contributed by atoms with Crippen molar-refractivity contribution >= 4 is 34.7 Å². The smallest absolute Gasteiger partial charge is 0.413 e. The first-order valence-electron chi connectivity index (χ1n) is 21.4. The molecule has 3 amide bonds. The normalized spacial score (nSPS) is 20.6. The van der Waals surface area contributed by atoms with Crippen LogP contribution in [0.5, 0.6) is 34.5 Å². The Morgan fingerprint density at radius 3 is 2.43 bits per heavy atom. The van der Waals surface area contributed by atoms with E-state index in [9.17, 15) is 14.4 Å². The number of rotatable bonds is 12. The first kappa shape index (κ1) is 40.4. The number of nitrogens with one attached hydrogen (secondary N) is 2. The van der Waals surface area contributed by atoms with E-state index in [0.29, 0.717) is 95.2 Å². The second-order valence-corrected chi connectivity index (χ2v) is 17.0. The summed E-state index contributed by atoms with van der Waals surface area (Å²) in [5.41, 5.74) is 4.43. The molecule has 61 heavy (non-hydrogen) atoms. The van der Waals surface area contributed by atoms with E-state index in [4.69, 9.17) is 33.5 Å². The minimum atomic E-state index is -0.857. The number of hydrazone groups is 1. The second-order valence-electron chi connectivity index (χ2n) is 17.0. The van der Waals surface area contributed by atoms with Gasteiger partial charge < -0.3 is 43.6 Å². The highest BCUT2D eigenvalue weighted by Gasteiger charge is 2.44. The third-order valence-corrected chi connectivity index (χ3v) is 12.7. The molecule has 0 spiro atoms. The van der Waals surface area contributed by atoms with Crippen LogP contribution < -0.4 is 33.7 Å². The lowest BCUT2D eigenvalue weighted by atomic mass is 9.73. The molecule has 2 N–H and O–H groups in total. The maximum atomic E-state index is 14.1. The predicted octanol–water partition coefficient (Wildman–Crippen LogP) is 6.62. The number of likely N-dealkylation sites (tertiary alicyclic amines) is 1. The number of methoxy groups -OCH3 is 2. The maximum absolute atomic E-state index is 14.1. The predicted molar refractivity (Wildman–Crippen MR) is 224 cm³/mol. The van der Waals surface area contributed by atoms with E-state index in [-0.39, 0.29) is 48.2 Å². The van der Waals surface area contributed by atoms with E-state index in [1.807, 2.05) is 44.2 Å². The van der Waals surface area contributed by atoms with Gasteiger partial charge >= 0.3 is 6.09 Å². The Kier molecular flexibility index (Phi) is 11.1. The quantitative estimate of drug-likeness (QED) is 0.157. The van der Waals surface area contributed by atoms with Crippen LogP contribution in [0, 0.1) is 30.6 Å². The SMILES string of the molecule is COc1ccc(C2=NN(C3CCN(C(=O)[C@H](NC(=O)Oc4c(C)[nH]c5c(-c6c(OCC7CC7)ccc7c6OCO7)ncnc45)C(C)C)CC3)C(=O)[C@@H]3CCCC[C@H]23)cc1OC. The number of hydrogen-bond acceptors (Lipinski definition) is 12. The molecule has 5 aliphatic rings. The number of nitrogens with zero attached hydrogens (tertiary/aromatic N) is 5. The number of carbonyl (C=O) groups excluding carboxylic acids is 3. The number of hydrogen-bond donors (Lipinski definition) is 2. The van der Waals surface area contributed by atoms with Crippen LogP contribution in [-0.4, -0.2) is 101 Å². The van der Waals surface area contributed by atoms with E-state index < -0.39 is 12.1 Å². The number of fused-ring (bicyclic) bond motifs is 3. The topological polar surface area (TPSA) is 179 Å². The van der Waals surface area contributed by atoms with Gasteiger partial charge in [0.15, 0.2) is 28.7 Å². The van der Waals surface area contributed by atoms with E-state index in [1.165, 1.54) is 6.33 Å². The molecule has 3 atom stereocenters. The van der Waals surface area contributed by atoms with Crippen molar-refractivity contribution < 1.29 is 42.8 Å². The van der Waals surface area contributed by atoms with Crippen molar-refractivity contribution in [2.75, 3.05) is 40.7 Å². The first-order chi connectivity index (χ1) is 29.6. The van der Waals surface area contributed by atoms with Crippen LogP contribution in [0.3, 0.4) is 0 Å². The van der Waals surface area contributed by atoms with Gasteiger partial charge in [0.1, 0.15) is 29.3 Å². The molecule has 3 aliphatic heterocycles. The van der Waals surface area contributed by atoms with Crippen LogP contribution >= 0.6 is 0 Å². The molecule has 16 heteroatoms. The summed E-state index contributed by atoms with van der Waals surface area (Å²) in [6.07, 6.45) is 7.79. The summed E-state index contributed by atoms with van der Waals surface area (Å²) < 4.78 is 34.9. The van der Waals surface area contributed by atoms with Crippen molar-refractivity contribution in [3.05, 3.63) is 47.9 Å². The largest absolute Gasteiger partial charge is 0.493 e. The molecule has 0 radical (unpaired) electrons. The summed E-state index contributed by atoms with van der Waals surface area (Å²) >= 11 is 0. The zero-order chi connectivity index (χ0) is 42.4. The number of ether oxygens (including phenoxy) is 6. The van der Waals surface area contributed by atoms with Crippen LogP contribution in [-0.2, 0) is 9.59 Å². The molecule has 5 heterocycles. The van der Waals surface area contributed by atoms with Crippen molar-refractivity contribution in [1.82, 2.24) is 30.2 Å². The third-order valence-electron chi connectivity index (χ3n) is 12.7. The summed E-state index contributed by atoms with van der Waals surface area (Å²) in [6.45, 7) is 7.04. The Bertz CT molecular complexity index is 2370. The number of benzene rings is 2. The fourth-order valence-electron chi connectivity index (χ4n) is 9.19. The molecule has 0 unspecified atom stereocenters. The molecule has 2 aromatic carbocycles. The zero-order valence-corrected chi connectivity index (χ0v) is 35.3. The molecule has 322 valence electrons. The van der Waals surface area contributed by atoms with Crippen molar-refractivity contribution in [2.24, 2.45) is 28.8 Å². The number of aromatic nitrogens is 3. The number of amides is 3. The van der Waals surface area contributed by atoms with Crippen LogP contribution in [0.2, 0.25) is 0 Å². The highest BCUT2D eigenvalue weighted by Crippen LogP contribution is 2.49. The van der Waals surface area contributed by atoms with E-state index >= 15 is 0 Å². The zero-order valence-electron chi connectivity index (χ0n) is 35.3. The van der Waals surface area contributed by atoms with Gasteiger partial charge in [-0.1, -0.05) is 26.7 Å². The summed E-state index contributed by atoms with van der Waals surface area (Å²) in [5.74, 6) is 3.21. The fraction of sp³-hybridized carbons (Fsp3) is 0.511. The Hall–Kier alpha value is -6.06. The summed E-state index contributed by atoms with van der Waals surface area (Å²) in [4.78, 5) is 56.0. The van der Waals surface area contributed by atoms with Gasteiger partial charge in [0.25, 0.3) is 0 Å². The molecule has 9 rings (SSSR count). The van der Waals surface area contributed by atoms with Crippen molar-refractivity contribution in [3.63, 3.8) is 0 Å². The van der Waals surface area contributed by atoms with Crippen molar-refractivity contribution in [1.29, 1.82) is 0 Å². The highest BCUT2D eigenvalue weighted by molar-refractivity contribution is 6.07. The molecule has 4 aromatic rings. The van der Waals surface area contributed by atoms with E-state index in [2.05, 4.69) is 20.3 Å². The maximum Gasteiger partial charge on any atom is 0.413 e. The van der Waals surface area contributed by atoms with Gasteiger partial charge in [-0.3, -0.25) is 9.59 Å². The van der Waals surface area contributed by atoms with Gasteiger partial charge in [0, 0.05) is 30.5 Å². The Balaban J connectivity index is 0.893. The van der Waals surface area contributed by atoms with Crippen molar-refractivity contribution in [2.45, 2.75) is 84.2 Å². The van der Waals surface area contributed by atoms with E-state index in [1.54, 1.807) is 31.1 Å². The highest BCUT2D eigenvalue weighted by atomic mass is 16.7. The summed E-state index contributed by atoms with van der Waals surface area (Å²) in [6, 6.07) is 8.46. The number of aryl methyl sites for hydroxylation is 1. The molecule has 2 aromatic heterocycles. The molecule has 2 saturated carbocycles. The fourth-order valence-corrected chi connectivity index (χ4v) is 9.19. The molecule has 16 nitrogen and oxygen atoms in total. The minimum Gasteiger partial charge on any atom is -0.493 e. The molecular formula is C45H53N7O9. The Morgan fingerprint density at radius 1 is 0.934 bits per heavy atom. The summed E-state index contributed by atoms with van der Waals surface area (Å²) in [5, 5.41) is 9.61.